The second-order valence-corrected chi connectivity index (χ2v) is 5.26. The second kappa shape index (κ2) is 8.00. The topological polar surface area (TPSA) is 54.3 Å². The van der Waals surface area contributed by atoms with E-state index >= 15 is 0 Å². The average molecular weight is 264 g/mol. The fourth-order valence-corrected chi connectivity index (χ4v) is 2.57. The van der Waals surface area contributed by atoms with Crippen LogP contribution in [0, 0.1) is 0 Å². The van der Waals surface area contributed by atoms with E-state index < -0.39 is 0 Å². The smallest absolute Gasteiger partial charge is 0.234 e. The highest BCUT2D eigenvalue weighted by molar-refractivity contribution is 5.78. The van der Waals surface area contributed by atoms with Gasteiger partial charge in [0.15, 0.2) is 0 Å². The fraction of sp³-hybridized carbons (Fsp3) is 0.667. The van der Waals surface area contributed by atoms with Crippen LogP contribution in [0.3, 0.4) is 0 Å². The molecule has 19 heavy (non-hydrogen) atoms. The maximum atomic E-state index is 11.8. The molecule has 1 fully saturated rings. The summed E-state index contributed by atoms with van der Waals surface area (Å²) in [5.74, 6) is 1.07. The number of hydrogen-bond acceptors (Lipinski definition) is 3. The zero-order valence-corrected chi connectivity index (χ0v) is 11.5. The van der Waals surface area contributed by atoms with Gasteiger partial charge in [-0.1, -0.05) is 25.7 Å². The molecule has 0 bridgehead atoms. The lowest BCUT2D eigenvalue weighted by molar-refractivity contribution is -0.121. The van der Waals surface area contributed by atoms with Crippen molar-refractivity contribution < 1.29 is 9.21 Å². The normalized spacial score (nSPS) is 17.1. The number of rotatable bonds is 6. The standard InChI is InChI=1S/C15H24N2O2/c18-15(17-13-6-3-1-2-4-7-13)12-16-10-9-14-8-5-11-19-14/h5,8,11,13,16H,1-4,6-7,9-10,12H2,(H,17,18). The Kier molecular flexibility index (Phi) is 5.95. The monoisotopic (exact) mass is 264 g/mol. The van der Waals surface area contributed by atoms with E-state index in [4.69, 9.17) is 4.42 Å². The Bertz CT molecular complexity index is 354. The molecule has 2 N–H and O–H groups in total. The summed E-state index contributed by atoms with van der Waals surface area (Å²) in [5.41, 5.74) is 0. The first-order valence-corrected chi connectivity index (χ1v) is 7.37. The third-order valence-electron chi connectivity index (χ3n) is 3.63. The molecule has 4 nitrogen and oxygen atoms in total. The molecule has 1 aliphatic carbocycles. The summed E-state index contributed by atoms with van der Waals surface area (Å²) in [4.78, 5) is 11.8. The van der Waals surface area contributed by atoms with E-state index in [0.29, 0.717) is 12.6 Å². The Balaban J connectivity index is 1.56. The van der Waals surface area contributed by atoms with E-state index in [0.717, 1.165) is 31.6 Å². The number of furan rings is 1. The Labute approximate surface area is 114 Å². The van der Waals surface area contributed by atoms with Crippen molar-refractivity contribution in [2.75, 3.05) is 13.1 Å². The van der Waals surface area contributed by atoms with E-state index in [1.807, 2.05) is 12.1 Å². The van der Waals surface area contributed by atoms with Crippen molar-refractivity contribution in [1.82, 2.24) is 10.6 Å². The molecule has 1 aliphatic rings. The third-order valence-corrected chi connectivity index (χ3v) is 3.63. The van der Waals surface area contributed by atoms with E-state index in [1.54, 1.807) is 6.26 Å². The summed E-state index contributed by atoms with van der Waals surface area (Å²) >= 11 is 0. The first-order valence-electron chi connectivity index (χ1n) is 7.37. The highest BCUT2D eigenvalue weighted by Gasteiger charge is 2.14. The molecule has 0 radical (unpaired) electrons. The average Bonchev–Trinajstić information content (AvgIpc) is 2.79. The molecule has 106 valence electrons. The van der Waals surface area contributed by atoms with Crippen LogP contribution in [-0.4, -0.2) is 25.0 Å². The Hall–Kier alpha value is -1.29. The highest BCUT2D eigenvalue weighted by Crippen LogP contribution is 2.16. The van der Waals surface area contributed by atoms with Gasteiger partial charge in [0, 0.05) is 19.0 Å². The number of carbonyl (C=O) groups is 1. The molecule has 1 saturated carbocycles. The van der Waals surface area contributed by atoms with Gasteiger partial charge in [0.2, 0.25) is 5.91 Å². The summed E-state index contributed by atoms with van der Waals surface area (Å²) in [7, 11) is 0. The van der Waals surface area contributed by atoms with Crippen molar-refractivity contribution in [2.24, 2.45) is 0 Å². The van der Waals surface area contributed by atoms with Crippen LogP contribution in [0.15, 0.2) is 22.8 Å². The third kappa shape index (κ3) is 5.47. The zero-order valence-electron chi connectivity index (χ0n) is 11.5. The Morgan fingerprint density at radius 1 is 1.26 bits per heavy atom. The molecular formula is C15H24N2O2. The summed E-state index contributed by atoms with van der Waals surface area (Å²) in [6.07, 6.45) is 9.89. The Morgan fingerprint density at radius 2 is 2.05 bits per heavy atom. The van der Waals surface area contributed by atoms with Gasteiger partial charge in [-0.25, -0.2) is 0 Å². The fourth-order valence-electron chi connectivity index (χ4n) is 2.57. The largest absolute Gasteiger partial charge is 0.469 e. The summed E-state index contributed by atoms with van der Waals surface area (Å²) in [5, 5.41) is 6.28. The van der Waals surface area contributed by atoms with Crippen molar-refractivity contribution in [3.8, 4) is 0 Å². The van der Waals surface area contributed by atoms with Crippen molar-refractivity contribution in [3.63, 3.8) is 0 Å². The van der Waals surface area contributed by atoms with Crippen LogP contribution in [-0.2, 0) is 11.2 Å². The summed E-state index contributed by atoms with van der Waals surface area (Å²) in [6, 6.07) is 4.23. The number of amides is 1. The summed E-state index contributed by atoms with van der Waals surface area (Å²) in [6.45, 7) is 1.17. The van der Waals surface area contributed by atoms with Gasteiger partial charge in [0.05, 0.1) is 12.8 Å². The molecule has 1 aromatic rings. The predicted octanol–water partition coefficient (Wildman–Crippen LogP) is 2.25. The molecule has 0 unspecified atom stereocenters. The van der Waals surface area contributed by atoms with Crippen LogP contribution in [0.1, 0.15) is 44.3 Å². The maximum absolute atomic E-state index is 11.8. The molecule has 4 heteroatoms. The molecule has 0 aromatic carbocycles. The van der Waals surface area contributed by atoms with Crippen LogP contribution < -0.4 is 10.6 Å². The van der Waals surface area contributed by atoms with Gasteiger partial charge in [0.1, 0.15) is 5.76 Å². The molecule has 0 atom stereocenters. The van der Waals surface area contributed by atoms with Crippen LogP contribution >= 0.6 is 0 Å². The molecule has 0 aliphatic heterocycles. The molecule has 1 aromatic heterocycles. The lowest BCUT2D eigenvalue weighted by atomic mass is 10.1. The molecule has 0 saturated heterocycles. The highest BCUT2D eigenvalue weighted by atomic mass is 16.3. The summed E-state index contributed by atoms with van der Waals surface area (Å²) < 4.78 is 5.24. The van der Waals surface area contributed by atoms with Gasteiger partial charge >= 0.3 is 0 Å². The number of carbonyl (C=O) groups excluding carboxylic acids is 1. The molecule has 1 heterocycles. The molecule has 1 amide bonds. The van der Waals surface area contributed by atoms with Gasteiger partial charge < -0.3 is 15.1 Å². The van der Waals surface area contributed by atoms with E-state index in [1.165, 1.54) is 25.7 Å². The first-order chi connectivity index (χ1) is 9.34. The van der Waals surface area contributed by atoms with Crippen LogP contribution in [0.25, 0.3) is 0 Å². The quantitative estimate of drug-likeness (QED) is 0.612. The first kappa shape index (κ1) is 14.1. The Morgan fingerprint density at radius 3 is 2.74 bits per heavy atom. The van der Waals surface area contributed by atoms with Crippen molar-refractivity contribution in [2.45, 2.75) is 51.0 Å². The van der Waals surface area contributed by atoms with E-state index in [9.17, 15) is 4.79 Å². The second-order valence-electron chi connectivity index (χ2n) is 5.26. The molecule has 2 rings (SSSR count). The lowest BCUT2D eigenvalue weighted by Crippen LogP contribution is -2.40. The molecule has 0 spiro atoms. The van der Waals surface area contributed by atoms with Gasteiger partial charge in [-0.15, -0.1) is 0 Å². The van der Waals surface area contributed by atoms with Crippen molar-refractivity contribution >= 4 is 5.91 Å². The van der Waals surface area contributed by atoms with Crippen LogP contribution in [0.4, 0.5) is 0 Å². The van der Waals surface area contributed by atoms with Gasteiger partial charge in [-0.3, -0.25) is 4.79 Å². The number of nitrogens with one attached hydrogen (secondary N) is 2. The number of hydrogen-bond donors (Lipinski definition) is 2. The lowest BCUT2D eigenvalue weighted by Gasteiger charge is -2.16. The van der Waals surface area contributed by atoms with Crippen molar-refractivity contribution in [1.29, 1.82) is 0 Å². The minimum atomic E-state index is 0.117. The molecular weight excluding hydrogens is 240 g/mol. The minimum absolute atomic E-state index is 0.117. The van der Waals surface area contributed by atoms with Gasteiger partial charge in [0.25, 0.3) is 0 Å². The van der Waals surface area contributed by atoms with Crippen LogP contribution in [0.5, 0.6) is 0 Å². The predicted molar refractivity (Wildman–Crippen MR) is 74.9 cm³/mol. The van der Waals surface area contributed by atoms with E-state index in [2.05, 4.69) is 10.6 Å². The maximum Gasteiger partial charge on any atom is 0.234 e. The van der Waals surface area contributed by atoms with Crippen molar-refractivity contribution in [3.05, 3.63) is 24.2 Å². The SMILES string of the molecule is O=C(CNCCc1ccco1)NC1CCCCCC1. The van der Waals surface area contributed by atoms with Gasteiger partial charge in [-0.2, -0.15) is 0 Å². The van der Waals surface area contributed by atoms with Crippen LogP contribution in [0.2, 0.25) is 0 Å². The van der Waals surface area contributed by atoms with E-state index in [-0.39, 0.29) is 5.91 Å². The minimum Gasteiger partial charge on any atom is -0.469 e. The zero-order chi connectivity index (χ0) is 13.3. The van der Waals surface area contributed by atoms with Gasteiger partial charge in [-0.05, 0) is 25.0 Å².